The number of halogens is 3. The molecular formula is C19H24F3NO4. The van der Waals surface area contributed by atoms with E-state index in [1.807, 2.05) is 13.8 Å². The topological polar surface area (TPSA) is 64.6 Å². The standard InChI is InChI=1S/C19H24F3NO4/c1-11(2)8-16(18(25)23-17-12(3)26-10-15(17)24)27-9-13-4-6-14(7-5-13)19(20,21)22/h4-7,11-12,16-17H,8-10H2,1-3H3,(H,23,25)/t12-,16+,17-/m1/s1. The third-order valence-corrected chi connectivity index (χ3v) is 4.31. The summed E-state index contributed by atoms with van der Waals surface area (Å²) < 4.78 is 48.7. The lowest BCUT2D eigenvalue weighted by Gasteiger charge is -2.22. The van der Waals surface area contributed by atoms with E-state index >= 15 is 0 Å². The molecule has 0 radical (unpaired) electrons. The molecule has 8 heteroatoms. The second-order valence-electron chi connectivity index (χ2n) is 7.09. The van der Waals surface area contributed by atoms with Gasteiger partial charge in [0.2, 0.25) is 5.91 Å². The summed E-state index contributed by atoms with van der Waals surface area (Å²) in [6, 6.07) is 3.90. The van der Waals surface area contributed by atoms with Crippen LogP contribution in [0.1, 0.15) is 38.3 Å². The lowest BCUT2D eigenvalue weighted by Crippen LogP contribution is -2.48. The third kappa shape index (κ3) is 6.04. The van der Waals surface area contributed by atoms with Gasteiger partial charge >= 0.3 is 6.18 Å². The highest BCUT2D eigenvalue weighted by atomic mass is 19.4. The maximum atomic E-state index is 12.6. The molecule has 1 N–H and O–H groups in total. The second kappa shape index (κ2) is 8.84. The number of ether oxygens (including phenoxy) is 2. The van der Waals surface area contributed by atoms with E-state index in [1.54, 1.807) is 6.92 Å². The Kier molecular flexibility index (Phi) is 7.00. The SMILES string of the molecule is CC(C)C[C@H](OCc1ccc(C(F)(F)F)cc1)C(=O)N[C@H]1C(=O)CO[C@@H]1C. The van der Waals surface area contributed by atoms with Crippen molar-refractivity contribution >= 4 is 11.7 Å². The number of hydrogen-bond acceptors (Lipinski definition) is 4. The first-order valence-corrected chi connectivity index (χ1v) is 8.80. The molecule has 3 atom stereocenters. The molecule has 2 rings (SSSR count). The molecule has 1 heterocycles. The lowest BCUT2D eigenvalue weighted by atomic mass is 10.0. The third-order valence-electron chi connectivity index (χ3n) is 4.31. The van der Waals surface area contributed by atoms with E-state index in [9.17, 15) is 22.8 Å². The number of benzene rings is 1. The summed E-state index contributed by atoms with van der Waals surface area (Å²) in [4.78, 5) is 24.3. The second-order valence-corrected chi connectivity index (χ2v) is 7.09. The van der Waals surface area contributed by atoms with Crippen LogP contribution >= 0.6 is 0 Å². The molecule has 5 nitrogen and oxygen atoms in total. The molecule has 1 aliphatic heterocycles. The van der Waals surface area contributed by atoms with E-state index in [4.69, 9.17) is 9.47 Å². The fraction of sp³-hybridized carbons (Fsp3) is 0.579. The number of carbonyl (C=O) groups excluding carboxylic acids is 2. The van der Waals surface area contributed by atoms with Gasteiger partial charge in [-0.15, -0.1) is 0 Å². The van der Waals surface area contributed by atoms with E-state index in [0.717, 1.165) is 12.1 Å². The van der Waals surface area contributed by atoms with Gasteiger partial charge in [-0.05, 0) is 37.0 Å². The van der Waals surface area contributed by atoms with Crippen molar-refractivity contribution in [1.29, 1.82) is 0 Å². The van der Waals surface area contributed by atoms with Crippen LogP contribution < -0.4 is 5.32 Å². The number of nitrogens with one attached hydrogen (secondary N) is 1. The number of carbonyl (C=O) groups is 2. The van der Waals surface area contributed by atoms with Crippen molar-refractivity contribution in [3.8, 4) is 0 Å². The Labute approximate surface area is 156 Å². The van der Waals surface area contributed by atoms with Crippen molar-refractivity contribution in [2.24, 2.45) is 5.92 Å². The summed E-state index contributed by atoms with van der Waals surface area (Å²) in [7, 11) is 0. The molecule has 0 aromatic heterocycles. The molecule has 0 bridgehead atoms. The summed E-state index contributed by atoms with van der Waals surface area (Å²) >= 11 is 0. The summed E-state index contributed by atoms with van der Waals surface area (Å²) in [5.74, 6) is -0.463. The fourth-order valence-electron chi connectivity index (χ4n) is 2.77. The minimum atomic E-state index is -4.40. The van der Waals surface area contributed by atoms with Gasteiger partial charge in [-0.3, -0.25) is 9.59 Å². The zero-order valence-electron chi connectivity index (χ0n) is 15.5. The number of alkyl halides is 3. The molecule has 0 spiro atoms. The van der Waals surface area contributed by atoms with Gasteiger partial charge in [0, 0.05) is 0 Å². The van der Waals surface area contributed by atoms with Gasteiger partial charge in [0.1, 0.15) is 18.8 Å². The molecule has 1 amide bonds. The van der Waals surface area contributed by atoms with E-state index in [2.05, 4.69) is 5.32 Å². The Hall–Kier alpha value is -1.93. The van der Waals surface area contributed by atoms with Crippen molar-refractivity contribution in [3.63, 3.8) is 0 Å². The normalized spacial score (nSPS) is 21.5. The number of ketones is 1. The van der Waals surface area contributed by atoms with Crippen LogP contribution in [0.3, 0.4) is 0 Å². The largest absolute Gasteiger partial charge is 0.416 e. The predicted octanol–water partition coefficient (Wildman–Crippen LogP) is 3.11. The predicted molar refractivity (Wildman–Crippen MR) is 91.8 cm³/mol. The molecular weight excluding hydrogens is 363 g/mol. The maximum Gasteiger partial charge on any atom is 0.416 e. The maximum absolute atomic E-state index is 12.6. The van der Waals surface area contributed by atoms with Crippen molar-refractivity contribution in [2.75, 3.05) is 6.61 Å². The first kappa shape index (κ1) is 21.4. The highest BCUT2D eigenvalue weighted by Crippen LogP contribution is 2.29. The van der Waals surface area contributed by atoms with E-state index in [-0.39, 0.29) is 24.9 Å². The Morgan fingerprint density at radius 1 is 1.30 bits per heavy atom. The van der Waals surface area contributed by atoms with Crippen LogP contribution in [0.5, 0.6) is 0 Å². The summed E-state index contributed by atoms with van der Waals surface area (Å²) in [6.07, 6.45) is -5.20. The van der Waals surface area contributed by atoms with Crippen LogP contribution in [-0.2, 0) is 31.8 Å². The molecule has 0 unspecified atom stereocenters. The number of rotatable bonds is 7. The Bertz CT molecular complexity index is 658. The first-order valence-electron chi connectivity index (χ1n) is 8.80. The molecule has 1 fully saturated rings. The van der Waals surface area contributed by atoms with Gasteiger partial charge in [-0.2, -0.15) is 13.2 Å². The van der Waals surface area contributed by atoms with Crippen LogP contribution in [0.4, 0.5) is 13.2 Å². The zero-order valence-corrected chi connectivity index (χ0v) is 15.5. The van der Waals surface area contributed by atoms with Crippen molar-refractivity contribution < 1.29 is 32.2 Å². The molecule has 1 saturated heterocycles. The molecule has 150 valence electrons. The minimum Gasteiger partial charge on any atom is -0.368 e. The minimum absolute atomic E-state index is 0.00634. The van der Waals surface area contributed by atoms with Gasteiger partial charge < -0.3 is 14.8 Å². The van der Waals surface area contributed by atoms with E-state index in [0.29, 0.717) is 12.0 Å². The molecule has 0 saturated carbocycles. The molecule has 0 aliphatic carbocycles. The van der Waals surface area contributed by atoms with E-state index < -0.39 is 35.9 Å². The number of Topliss-reactive ketones (excluding diaryl/α,β-unsaturated/α-hetero) is 1. The number of hydrogen-bond donors (Lipinski definition) is 1. The van der Waals surface area contributed by atoms with Crippen LogP contribution in [-0.4, -0.2) is 36.5 Å². The van der Waals surface area contributed by atoms with Crippen LogP contribution in [0.25, 0.3) is 0 Å². The van der Waals surface area contributed by atoms with Crippen molar-refractivity contribution in [1.82, 2.24) is 5.32 Å². The average Bonchev–Trinajstić information content (AvgIpc) is 2.89. The van der Waals surface area contributed by atoms with Gasteiger partial charge in [0.25, 0.3) is 0 Å². The van der Waals surface area contributed by atoms with Gasteiger partial charge in [0.05, 0.1) is 18.3 Å². The summed E-state index contributed by atoms with van der Waals surface area (Å²) in [5, 5.41) is 2.66. The molecule has 1 aliphatic rings. The van der Waals surface area contributed by atoms with Crippen molar-refractivity contribution in [2.45, 2.75) is 58.2 Å². The van der Waals surface area contributed by atoms with Gasteiger partial charge in [-0.25, -0.2) is 0 Å². The van der Waals surface area contributed by atoms with Crippen LogP contribution in [0, 0.1) is 5.92 Å². The molecule has 1 aromatic carbocycles. The van der Waals surface area contributed by atoms with E-state index in [1.165, 1.54) is 12.1 Å². The summed E-state index contributed by atoms with van der Waals surface area (Å²) in [5.41, 5.74) is -0.213. The van der Waals surface area contributed by atoms with Crippen molar-refractivity contribution in [3.05, 3.63) is 35.4 Å². The smallest absolute Gasteiger partial charge is 0.368 e. The van der Waals surface area contributed by atoms with Gasteiger partial charge in [-0.1, -0.05) is 26.0 Å². The average molecular weight is 387 g/mol. The lowest BCUT2D eigenvalue weighted by molar-refractivity contribution is -0.137. The monoisotopic (exact) mass is 387 g/mol. The zero-order chi connectivity index (χ0) is 20.2. The van der Waals surface area contributed by atoms with Crippen LogP contribution in [0.2, 0.25) is 0 Å². The Balaban J connectivity index is 1.99. The highest BCUT2D eigenvalue weighted by Gasteiger charge is 2.35. The fourth-order valence-corrected chi connectivity index (χ4v) is 2.77. The molecule has 27 heavy (non-hydrogen) atoms. The number of amides is 1. The Morgan fingerprint density at radius 2 is 1.93 bits per heavy atom. The quantitative estimate of drug-likeness (QED) is 0.781. The first-order chi connectivity index (χ1) is 12.6. The highest BCUT2D eigenvalue weighted by molar-refractivity contribution is 5.92. The molecule has 1 aromatic rings. The summed E-state index contributed by atoms with van der Waals surface area (Å²) in [6.45, 7) is 5.51. The Morgan fingerprint density at radius 3 is 2.41 bits per heavy atom. The van der Waals surface area contributed by atoms with Gasteiger partial charge in [0.15, 0.2) is 5.78 Å². The van der Waals surface area contributed by atoms with Crippen LogP contribution in [0.15, 0.2) is 24.3 Å².